The van der Waals surface area contributed by atoms with E-state index in [2.05, 4.69) is 0 Å². The van der Waals surface area contributed by atoms with Crippen LogP contribution in [0.2, 0.25) is 0 Å². The second kappa shape index (κ2) is 5.39. The molecule has 0 aliphatic carbocycles. The van der Waals surface area contributed by atoms with Crippen molar-refractivity contribution in [2.45, 2.75) is 13.3 Å². The number of rotatable bonds is 4. The highest BCUT2D eigenvalue weighted by atomic mass is 16.5. The summed E-state index contributed by atoms with van der Waals surface area (Å²) in [5, 5.41) is 0. The minimum Gasteiger partial charge on any atom is -0.491 e. The molecule has 0 heterocycles. The molecule has 0 fully saturated rings. The van der Waals surface area contributed by atoms with E-state index in [1.807, 2.05) is 6.92 Å². The summed E-state index contributed by atoms with van der Waals surface area (Å²) >= 11 is 0. The first-order chi connectivity index (χ1) is 7.56. The number of carbonyl (C=O) groups excluding carboxylic acids is 1. The van der Waals surface area contributed by atoms with Gasteiger partial charge in [-0.25, -0.2) is 0 Å². The molecular formula is C12H18N2O2. The van der Waals surface area contributed by atoms with Gasteiger partial charge in [-0.05, 0) is 24.6 Å². The molecule has 1 aromatic rings. The van der Waals surface area contributed by atoms with Gasteiger partial charge in [-0.3, -0.25) is 4.79 Å². The first-order valence-corrected chi connectivity index (χ1v) is 5.30. The van der Waals surface area contributed by atoms with Crippen LogP contribution in [-0.2, 0) is 0 Å². The summed E-state index contributed by atoms with van der Waals surface area (Å²) < 4.78 is 5.43. The highest BCUT2D eigenvalue weighted by Crippen LogP contribution is 2.23. The van der Waals surface area contributed by atoms with Gasteiger partial charge in [0, 0.05) is 19.7 Å². The van der Waals surface area contributed by atoms with E-state index in [0.717, 1.165) is 6.42 Å². The molecule has 2 N–H and O–H groups in total. The van der Waals surface area contributed by atoms with Crippen molar-refractivity contribution < 1.29 is 9.53 Å². The minimum absolute atomic E-state index is 0.0614. The SMILES string of the molecule is CCCOc1ccc(C(=O)N(C)C)cc1N. The number of nitrogens with zero attached hydrogens (tertiary/aromatic N) is 1. The van der Waals surface area contributed by atoms with E-state index in [0.29, 0.717) is 23.6 Å². The van der Waals surface area contributed by atoms with Crippen molar-refractivity contribution in [3.8, 4) is 5.75 Å². The standard InChI is InChI=1S/C12H18N2O2/c1-4-7-16-11-6-5-9(8-10(11)13)12(15)14(2)3/h5-6,8H,4,7,13H2,1-3H3. The van der Waals surface area contributed by atoms with E-state index in [9.17, 15) is 4.79 Å². The molecule has 0 saturated carbocycles. The van der Waals surface area contributed by atoms with Gasteiger partial charge in [-0.15, -0.1) is 0 Å². The number of nitrogen functional groups attached to an aromatic ring is 1. The quantitative estimate of drug-likeness (QED) is 0.790. The zero-order valence-corrected chi connectivity index (χ0v) is 9.99. The molecule has 0 radical (unpaired) electrons. The number of carbonyl (C=O) groups is 1. The molecule has 0 aliphatic rings. The summed E-state index contributed by atoms with van der Waals surface area (Å²) in [5.41, 5.74) is 6.88. The topological polar surface area (TPSA) is 55.6 Å². The Morgan fingerprint density at radius 2 is 2.12 bits per heavy atom. The largest absolute Gasteiger partial charge is 0.491 e. The molecule has 0 aromatic heterocycles. The van der Waals surface area contributed by atoms with E-state index in [1.54, 1.807) is 32.3 Å². The maximum absolute atomic E-state index is 11.7. The predicted octanol–water partition coefficient (Wildman–Crippen LogP) is 1.76. The maximum atomic E-state index is 11.7. The van der Waals surface area contributed by atoms with Crippen molar-refractivity contribution in [2.75, 3.05) is 26.4 Å². The Morgan fingerprint density at radius 1 is 1.44 bits per heavy atom. The van der Waals surface area contributed by atoms with Gasteiger partial charge in [0.15, 0.2) is 0 Å². The van der Waals surface area contributed by atoms with Gasteiger partial charge >= 0.3 is 0 Å². The van der Waals surface area contributed by atoms with Gasteiger partial charge in [0.05, 0.1) is 12.3 Å². The zero-order chi connectivity index (χ0) is 12.1. The fraction of sp³-hybridized carbons (Fsp3) is 0.417. The smallest absolute Gasteiger partial charge is 0.253 e. The number of anilines is 1. The Labute approximate surface area is 96.0 Å². The third kappa shape index (κ3) is 2.89. The Bertz CT molecular complexity index is 375. The van der Waals surface area contributed by atoms with E-state index in [1.165, 1.54) is 4.90 Å². The number of ether oxygens (including phenoxy) is 1. The van der Waals surface area contributed by atoms with Gasteiger partial charge < -0.3 is 15.4 Å². The lowest BCUT2D eigenvalue weighted by Crippen LogP contribution is -2.21. The number of benzene rings is 1. The molecule has 4 heteroatoms. The van der Waals surface area contributed by atoms with Crippen LogP contribution in [0.15, 0.2) is 18.2 Å². The lowest BCUT2D eigenvalue weighted by molar-refractivity contribution is 0.0827. The summed E-state index contributed by atoms with van der Waals surface area (Å²) in [5.74, 6) is 0.575. The van der Waals surface area contributed by atoms with Gasteiger partial charge in [-0.2, -0.15) is 0 Å². The van der Waals surface area contributed by atoms with E-state index < -0.39 is 0 Å². The normalized spacial score (nSPS) is 9.94. The molecule has 0 aliphatic heterocycles. The molecule has 88 valence electrons. The maximum Gasteiger partial charge on any atom is 0.253 e. The molecule has 1 amide bonds. The van der Waals surface area contributed by atoms with Crippen molar-refractivity contribution in [2.24, 2.45) is 0 Å². The second-order valence-corrected chi connectivity index (χ2v) is 3.80. The lowest BCUT2D eigenvalue weighted by atomic mass is 10.1. The van der Waals surface area contributed by atoms with Crippen LogP contribution < -0.4 is 10.5 Å². The fourth-order valence-electron chi connectivity index (χ4n) is 1.28. The number of nitrogens with two attached hydrogens (primary N) is 1. The van der Waals surface area contributed by atoms with Crippen molar-refractivity contribution in [1.82, 2.24) is 4.90 Å². The summed E-state index contributed by atoms with van der Waals surface area (Å²) in [7, 11) is 3.42. The van der Waals surface area contributed by atoms with Crippen molar-refractivity contribution in [3.05, 3.63) is 23.8 Å². The predicted molar refractivity (Wildman–Crippen MR) is 64.7 cm³/mol. The first kappa shape index (κ1) is 12.4. The summed E-state index contributed by atoms with van der Waals surface area (Å²) in [6.07, 6.45) is 0.928. The van der Waals surface area contributed by atoms with E-state index >= 15 is 0 Å². The Balaban J connectivity index is 2.86. The van der Waals surface area contributed by atoms with Gasteiger partial charge in [0.1, 0.15) is 5.75 Å². The van der Waals surface area contributed by atoms with Gasteiger partial charge in [0.25, 0.3) is 5.91 Å². The number of hydrogen-bond donors (Lipinski definition) is 1. The lowest BCUT2D eigenvalue weighted by Gasteiger charge is -2.12. The molecular weight excluding hydrogens is 204 g/mol. The average Bonchev–Trinajstić information content (AvgIpc) is 2.26. The van der Waals surface area contributed by atoms with Crippen molar-refractivity contribution >= 4 is 11.6 Å². The van der Waals surface area contributed by atoms with Crippen molar-refractivity contribution in [1.29, 1.82) is 0 Å². The summed E-state index contributed by atoms with van der Waals surface area (Å²) in [4.78, 5) is 13.2. The minimum atomic E-state index is -0.0614. The molecule has 4 nitrogen and oxygen atoms in total. The second-order valence-electron chi connectivity index (χ2n) is 3.80. The summed E-state index contributed by atoms with van der Waals surface area (Å²) in [6.45, 7) is 2.66. The summed E-state index contributed by atoms with van der Waals surface area (Å²) in [6, 6.07) is 5.11. The van der Waals surface area contributed by atoms with Crippen LogP contribution in [-0.4, -0.2) is 31.5 Å². The Morgan fingerprint density at radius 3 is 2.62 bits per heavy atom. The molecule has 1 rings (SSSR count). The third-order valence-electron chi connectivity index (χ3n) is 2.12. The Kier molecular flexibility index (Phi) is 4.17. The van der Waals surface area contributed by atoms with Crippen LogP contribution in [0.1, 0.15) is 23.7 Å². The molecule has 0 unspecified atom stereocenters. The van der Waals surface area contributed by atoms with Crippen LogP contribution in [0.3, 0.4) is 0 Å². The van der Waals surface area contributed by atoms with E-state index in [4.69, 9.17) is 10.5 Å². The van der Waals surface area contributed by atoms with Crippen LogP contribution in [0.4, 0.5) is 5.69 Å². The van der Waals surface area contributed by atoms with Gasteiger partial charge in [0.2, 0.25) is 0 Å². The fourth-order valence-corrected chi connectivity index (χ4v) is 1.28. The highest BCUT2D eigenvalue weighted by Gasteiger charge is 2.10. The molecule has 0 atom stereocenters. The average molecular weight is 222 g/mol. The molecule has 16 heavy (non-hydrogen) atoms. The van der Waals surface area contributed by atoms with E-state index in [-0.39, 0.29) is 5.91 Å². The van der Waals surface area contributed by atoms with Crippen LogP contribution in [0.5, 0.6) is 5.75 Å². The van der Waals surface area contributed by atoms with Crippen LogP contribution in [0.25, 0.3) is 0 Å². The highest BCUT2D eigenvalue weighted by molar-refractivity contribution is 5.95. The molecule has 0 spiro atoms. The zero-order valence-electron chi connectivity index (χ0n) is 9.99. The number of hydrogen-bond acceptors (Lipinski definition) is 3. The monoisotopic (exact) mass is 222 g/mol. The Hall–Kier alpha value is -1.71. The molecule has 0 saturated heterocycles. The van der Waals surface area contributed by atoms with Crippen LogP contribution >= 0.6 is 0 Å². The van der Waals surface area contributed by atoms with Crippen molar-refractivity contribution in [3.63, 3.8) is 0 Å². The molecule has 0 bridgehead atoms. The van der Waals surface area contributed by atoms with Crippen LogP contribution in [0, 0.1) is 0 Å². The van der Waals surface area contributed by atoms with Gasteiger partial charge in [-0.1, -0.05) is 6.92 Å². The number of amides is 1. The molecule has 1 aromatic carbocycles. The first-order valence-electron chi connectivity index (χ1n) is 5.30. The third-order valence-corrected chi connectivity index (χ3v) is 2.12.